The fraction of sp³-hybridized carbons (Fsp3) is 0.917. The summed E-state index contributed by atoms with van der Waals surface area (Å²) >= 11 is 1.46. The number of thioether (sulfide) groups is 1. The molecule has 0 rings (SSSR count). The zero-order valence-electron chi connectivity index (χ0n) is 9.68. The summed E-state index contributed by atoms with van der Waals surface area (Å²) in [4.78, 5) is 10.6. The summed E-state index contributed by atoms with van der Waals surface area (Å²) in [6.45, 7) is 3.90. The number of unbranched alkanes of at least 4 members (excludes halogenated alkanes) is 7. The maximum atomic E-state index is 10.6. The monoisotopic (exact) mass is 216 g/mol. The average Bonchev–Trinajstić information content (AvgIpc) is 2.15. The van der Waals surface area contributed by atoms with Crippen LogP contribution in [0.2, 0.25) is 0 Å². The molecule has 0 fully saturated rings. The van der Waals surface area contributed by atoms with Gasteiger partial charge in [-0.25, -0.2) is 0 Å². The molecule has 14 heavy (non-hydrogen) atoms. The van der Waals surface area contributed by atoms with Crippen LogP contribution in [0.1, 0.15) is 65.2 Å². The first-order chi connectivity index (χ1) is 6.77. The molecule has 0 atom stereocenters. The Morgan fingerprint density at radius 1 is 0.929 bits per heavy atom. The highest BCUT2D eigenvalue weighted by Gasteiger charge is 1.94. The van der Waals surface area contributed by atoms with E-state index >= 15 is 0 Å². The summed E-state index contributed by atoms with van der Waals surface area (Å²) in [7, 11) is 0. The summed E-state index contributed by atoms with van der Waals surface area (Å²) in [5.74, 6) is 1.02. The molecule has 84 valence electrons. The van der Waals surface area contributed by atoms with Crippen LogP contribution in [0.3, 0.4) is 0 Å². The number of hydrogen-bond donors (Lipinski definition) is 0. The Kier molecular flexibility index (Phi) is 11.1. The molecular formula is C12H24OS. The smallest absolute Gasteiger partial charge is 0.185 e. The predicted octanol–water partition coefficient (Wildman–Crippen LogP) is 4.41. The minimum Gasteiger partial charge on any atom is -0.288 e. The van der Waals surface area contributed by atoms with Crippen LogP contribution in [0.25, 0.3) is 0 Å². The van der Waals surface area contributed by atoms with E-state index in [0.29, 0.717) is 0 Å². The van der Waals surface area contributed by atoms with E-state index in [1.165, 1.54) is 63.1 Å². The molecule has 0 aliphatic heterocycles. The van der Waals surface area contributed by atoms with Crippen LogP contribution in [-0.2, 0) is 4.79 Å². The minimum atomic E-state index is 0.257. The van der Waals surface area contributed by atoms with Crippen LogP contribution >= 0.6 is 11.8 Å². The second-order valence-electron chi connectivity index (χ2n) is 3.81. The molecule has 0 unspecified atom stereocenters. The normalized spacial score (nSPS) is 10.4. The van der Waals surface area contributed by atoms with Crippen LogP contribution in [0.4, 0.5) is 0 Å². The second-order valence-corrected chi connectivity index (χ2v) is 5.09. The Morgan fingerprint density at radius 3 is 1.93 bits per heavy atom. The van der Waals surface area contributed by atoms with Gasteiger partial charge in [0, 0.05) is 12.7 Å². The highest BCUT2D eigenvalue weighted by atomic mass is 32.2. The van der Waals surface area contributed by atoms with Crippen molar-refractivity contribution in [3.05, 3.63) is 0 Å². The first-order valence-electron chi connectivity index (χ1n) is 5.90. The third-order valence-electron chi connectivity index (χ3n) is 2.30. The Morgan fingerprint density at radius 2 is 1.43 bits per heavy atom. The van der Waals surface area contributed by atoms with E-state index in [-0.39, 0.29) is 5.12 Å². The molecule has 0 aliphatic carbocycles. The molecule has 0 saturated carbocycles. The Bertz CT molecular complexity index is 134. The summed E-state index contributed by atoms with van der Waals surface area (Å²) in [6.07, 6.45) is 10.7. The van der Waals surface area contributed by atoms with Crippen LogP contribution in [-0.4, -0.2) is 10.9 Å². The van der Waals surface area contributed by atoms with Crippen molar-refractivity contribution < 1.29 is 4.79 Å². The van der Waals surface area contributed by atoms with Crippen molar-refractivity contribution in [2.45, 2.75) is 65.2 Å². The van der Waals surface area contributed by atoms with Crippen molar-refractivity contribution in [1.29, 1.82) is 0 Å². The number of rotatable bonds is 9. The molecule has 0 N–H and O–H groups in total. The lowest BCUT2D eigenvalue weighted by Crippen LogP contribution is -1.87. The lowest BCUT2D eigenvalue weighted by Gasteiger charge is -2.00. The quantitative estimate of drug-likeness (QED) is 0.531. The Hall–Kier alpha value is 0.0200. The summed E-state index contributed by atoms with van der Waals surface area (Å²) in [6, 6.07) is 0. The van der Waals surface area contributed by atoms with Gasteiger partial charge in [-0.15, -0.1) is 0 Å². The first-order valence-corrected chi connectivity index (χ1v) is 6.89. The van der Waals surface area contributed by atoms with Gasteiger partial charge < -0.3 is 0 Å². The highest BCUT2D eigenvalue weighted by Crippen LogP contribution is 2.11. The predicted molar refractivity (Wildman–Crippen MR) is 65.7 cm³/mol. The van der Waals surface area contributed by atoms with Crippen LogP contribution in [0.5, 0.6) is 0 Å². The number of carbonyl (C=O) groups excluding carboxylic acids is 1. The van der Waals surface area contributed by atoms with E-state index in [2.05, 4.69) is 6.92 Å². The van der Waals surface area contributed by atoms with Gasteiger partial charge in [-0.3, -0.25) is 4.79 Å². The van der Waals surface area contributed by atoms with Crippen molar-refractivity contribution in [1.82, 2.24) is 0 Å². The van der Waals surface area contributed by atoms with Gasteiger partial charge in [0.05, 0.1) is 0 Å². The van der Waals surface area contributed by atoms with Crippen LogP contribution in [0.15, 0.2) is 0 Å². The van der Waals surface area contributed by atoms with Gasteiger partial charge in [0.15, 0.2) is 5.12 Å². The average molecular weight is 216 g/mol. The van der Waals surface area contributed by atoms with Crippen molar-refractivity contribution in [2.24, 2.45) is 0 Å². The standard InChI is InChI=1S/C12H24OS/c1-3-4-5-6-7-8-9-10-11-14-12(2)13/h3-11H2,1-2H3. The van der Waals surface area contributed by atoms with Gasteiger partial charge in [0.2, 0.25) is 0 Å². The van der Waals surface area contributed by atoms with Gasteiger partial charge in [-0.2, -0.15) is 0 Å². The van der Waals surface area contributed by atoms with Crippen molar-refractivity contribution in [3.63, 3.8) is 0 Å². The van der Waals surface area contributed by atoms with E-state index in [9.17, 15) is 4.79 Å². The van der Waals surface area contributed by atoms with E-state index in [4.69, 9.17) is 0 Å². The first kappa shape index (κ1) is 14.0. The van der Waals surface area contributed by atoms with Crippen molar-refractivity contribution >= 4 is 16.9 Å². The molecule has 0 amide bonds. The summed E-state index contributed by atoms with van der Waals surface area (Å²) in [5.41, 5.74) is 0. The minimum absolute atomic E-state index is 0.257. The third kappa shape index (κ3) is 12.0. The Labute approximate surface area is 93.0 Å². The lowest BCUT2D eigenvalue weighted by molar-refractivity contribution is -0.109. The van der Waals surface area contributed by atoms with Crippen LogP contribution < -0.4 is 0 Å². The van der Waals surface area contributed by atoms with Gasteiger partial charge in [-0.05, 0) is 6.42 Å². The molecular weight excluding hydrogens is 192 g/mol. The SMILES string of the molecule is CCCCCCCCCCSC(C)=O. The summed E-state index contributed by atoms with van der Waals surface area (Å²) < 4.78 is 0. The zero-order valence-corrected chi connectivity index (χ0v) is 10.5. The molecule has 0 aromatic heterocycles. The summed E-state index contributed by atoms with van der Waals surface area (Å²) in [5, 5.41) is 0.257. The highest BCUT2D eigenvalue weighted by molar-refractivity contribution is 8.13. The molecule has 0 saturated heterocycles. The van der Waals surface area contributed by atoms with Crippen LogP contribution in [0, 0.1) is 0 Å². The molecule has 0 spiro atoms. The topological polar surface area (TPSA) is 17.1 Å². The maximum absolute atomic E-state index is 10.6. The second kappa shape index (κ2) is 11.1. The Balaban J connectivity index is 2.88. The lowest BCUT2D eigenvalue weighted by atomic mass is 10.1. The van der Waals surface area contributed by atoms with E-state index in [1.807, 2.05) is 0 Å². The van der Waals surface area contributed by atoms with E-state index < -0.39 is 0 Å². The zero-order chi connectivity index (χ0) is 10.6. The largest absolute Gasteiger partial charge is 0.288 e. The van der Waals surface area contributed by atoms with Gasteiger partial charge >= 0.3 is 0 Å². The van der Waals surface area contributed by atoms with E-state index in [1.54, 1.807) is 6.92 Å². The maximum Gasteiger partial charge on any atom is 0.185 e. The van der Waals surface area contributed by atoms with Gasteiger partial charge in [0.1, 0.15) is 0 Å². The molecule has 2 heteroatoms. The van der Waals surface area contributed by atoms with E-state index in [0.717, 1.165) is 5.75 Å². The van der Waals surface area contributed by atoms with Gasteiger partial charge in [0.25, 0.3) is 0 Å². The molecule has 0 radical (unpaired) electrons. The molecule has 0 aromatic carbocycles. The fourth-order valence-electron chi connectivity index (χ4n) is 1.45. The number of carbonyl (C=O) groups is 1. The molecule has 1 nitrogen and oxygen atoms in total. The fourth-order valence-corrected chi connectivity index (χ4v) is 2.09. The number of hydrogen-bond acceptors (Lipinski definition) is 2. The van der Waals surface area contributed by atoms with Crippen molar-refractivity contribution in [3.8, 4) is 0 Å². The molecule has 0 aromatic rings. The third-order valence-corrected chi connectivity index (χ3v) is 3.20. The molecule has 0 heterocycles. The van der Waals surface area contributed by atoms with Gasteiger partial charge in [-0.1, -0.05) is 63.6 Å². The van der Waals surface area contributed by atoms with Crippen molar-refractivity contribution in [2.75, 3.05) is 5.75 Å². The molecule has 0 bridgehead atoms. The molecule has 0 aliphatic rings.